The Kier molecular flexibility index (Phi) is 6.26. The molecule has 140 valence electrons. The second-order valence-electron chi connectivity index (χ2n) is 6.15. The predicted molar refractivity (Wildman–Crippen MR) is 108 cm³/mol. The lowest BCUT2D eigenvalue weighted by Gasteiger charge is -2.21. The molecule has 3 rings (SSSR count). The Bertz CT molecular complexity index is 898. The van der Waals surface area contributed by atoms with Gasteiger partial charge in [0.2, 0.25) is 17.7 Å². The third-order valence-corrected chi connectivity index (χ3v) is 5.05. The van der Waals surface area contributed by atoms with Gasteiger partial charge < -0.3 is 9.73 Å². The third-order valence-electron chi connectivity index (χ3n) is 4.25. The first-order chi connectivity index (χ1) is 13.1. The zero-order chi connectivity index (χ0) is 19.2. The molecule has 1 aromatic heterocycles. The van der Waals surface area contributed by atoms with Crippen molar-refractivity contribution in [3.63, 3.8) is 0 Å². The van der Waals surface area contributed by atoms with Crippen LogP contribution in [0.25, 0.3) is 11.5 Å². The maximum atomic E-state index is 12.4. The zero-order valence-corrected chi connectivity index (χ0v) is 16.4. The number of anilines is 1. The van der Waals surface area contributed by atoms with E-state index in [0.29, 0.717) is 11.8 Å². The highest BCUT2D eigenvalue weighted by atomic mass is 32.2. The largest absolute Gasteiger partial charge is 0.419 e. The zero-order valence-electron chi connectivity index (χ0n) is 15.5. The van der Waals surface area contributed by atoms with Crippen molar-refractivity contribution in [3.05, 3.63) is 60.5 Å². The molecule has 3 aromatic rings. The first-order valence-electron chi connectivity index (χ1n) is 8.60. The molecule has 1 unspecified atom stereocenters. The van der Waals surface area contributed by atoms with E-state index in [2.05, 4.69) is 15.5 Å². The standard InChI is InChI=1S/C20H22N4O2S/c1-14(19-22-23-20(26-19)15-9-5-4-6-10-15)24(2)13-18(25)21-16-11-7-8-12-17(16)27-3/h4-12,14H,13H2,1-3H3,(H,21,25). The van der Waals surface area contributed by atoms with Crippen molar-refractivity contribution in [2.75, 3.05) is 25.2 Å². The van der Waals surface area contributed by atoms with Crippen LogP contribution >= 0.6 is 11.8 Å². The Morgan fingerprint density at radius 3 is 2.59 bits per heavy atom. The minimum Gasteiger partial charge on any atom is -0.419 e. The van der Waals surface area contributed by atoms with Crippen molar-refractivity contribution < 1.29 is 9.21 Å². The monoisotopic (exact) mass is 382 g/mol. The van der Waals surface area contributed by atoms with Crippen molar-refractivity contribution in [2.45, 2.75) is 17.9 Å². The summed E-state index contributed by atoms with van der Waals surface area (Å²) in [5.41, 5.74) is 1.69. The molecular weight excluding hydrogens is 360 g/mol. The van der Waals surface area contributed by atoms with Gasteiger partial charge in [0.05, 0.1) is 18.3 Å². The number of likely N-dealkylation sites (N-methyl/N-ethyl adjacent to an activating group) is 1. The Balaban J connectivity index is 1.63. The fourth-order valence-corrected chi connectivity index (χ4v) is 3.14. The van der Waals surface area contributed by atoms with Gasteiger partial charge in [-0.3, -0.25) is 9.69 Å². The number of nitrogens with one attached hydrogen (secondary N) is 1. The maximum absolute atomic E-state index is 12.4. The molecule has 0 spiro atoms. The van der Waals surface area contributed by atoms with Crippen LogP contribution in [0.2, 0.25) is 0 Å². The molecule has 1 heterocycles. The molecule has 7 heteroatoms. The highest BCUT2D eigenvalue weighted by Gasteiger charge is 2.21. The number of nitrogens with zero attached hydrogens (tertiary/aromatic N) is 3. The van der Waals surface area contributed by atoms with E-state index in [0.717, 1.165) is 16.1 Å². The van der Waals surface area contributed by atoms with Gasteiger partial charge in [0.15, 0.2) is 0 Å². The summed E-state index contributed by atoms with van der Waals surface area (Å²) < 4.78 is 5.79. The highest BCUT2D eigenvalue weighted by Crippen LogP contribution is 2.25. The summed E-state index contributed by atoms with van der Waals surface area (Å²) in [6.45, 7) is 2.15. The molecule has 27 heavy (non-hydrogen) atoms. The number of benzene rings is 2. The molecule has 0 saturated heterocycles. The van der Waals surface area contributed by atoms with Crippen LogP contribution in [0.1, 0.15) is 18.9 Å². The van der Waals surface area contributed by atoms with Crippen LogP contribution in [-0.4, -0.2) is 40.9 Å². The van der Waals surface area contributed by atoms with Gasteiger partial charge in [0, 0.05) is 10.5 Å². The van der Waals surface area contributed by atoms with Gasteiger partial charge in [-0.25, -0.2) is 0 Å². The van der Waals surface area contributed by atoms with E-state index >= 15 is 0 Å². The number of para-hydroxylation sites is 1. The minimum absolute atomic E-state index is 0.0892. The molecule has 0 saturated carbocycles. The lowest BCUT2D eigenvalue weighted by molar-refractivity contribution is -0.117. The van der Waals surface area contributed by atoms with Gasteiger partial charge in [-0.1, -0.05) is 30.3 Å². The van der Waals surface area contributed by atoms with Crippen LogP contribution < -0.4 is 5.32 Å². The van der Waals surface area contributed by atoms with Gasteiger partial charge >= 0.3 is 0 Å². The number of amides is 1. The van der Waals surface area contributed by atoms with Gasteiger partial charge in [-0.15, -0.1) is 22.0 Å². The van der Waals surface area contributed by atoms with Crippen LogP contribution in [0.15, 0.2) is 63.9 Å². The molecule has 1 N–H and O–H groups in total. The van der Waals surface area contributed by atoms with E-state index in [4.69, 9.17) is 4.42 Å². The average molecular weight is 382 g/mol. The van der Waals surface area contributed by atoms with Gasteiger partial charge in [0.25, 0.3) is 0 Å². The van der Waals surface area contributed by atoms with E-state index < -0.39 is 0 Å². The molecule has 6 nitrogen and oxygen atoms in total. The molecule has 0 fully saturated rings. The Morgan fingerprint density at radius 2 is 1.85 bits per heavy atom. The lowest BCUT2D eigenvalue weighted by Crippen LogP contribution is -2.32. The Labute approximate surface area is 163 Å². The van der Waals surface area contributed by atoms with E-state index in [1.165, 1.54) is 0 Å². The van der Waals surface area contributed by atoms with Crippen molar-refractivity contribution in [1.29, 1.82) is 0 Å². The SMILES string of the molecule is CSc1ccccc1NC(=O)CN(C)C(C)c1nnc(-c2ccccc2)o1. The summed E-state index contributed by atoms with van der Waals surface area (Å²) in [7, 11) is 1.86. The second kappa shape index (κ2) is 8.83. The number of hydrogen-bond acceptors (Lipinski definition) is 6. The van der Waals surface area contributed by atoms with Crippen LogP contribution in [0.4, 0.5) is 5.69 Å². The third kappa shape index (κ3) is 4.75. The van der Waals surface area contributed by atoms with E-state index in [9.17, 15) is 4.79 Å². The predicted octanol–water partition coefficient (Wildman–Crippen LogP) is 4.09. The van der Waals surface area contributed by atoms with E-state index in [1.54, 1.807) is 11.8 Å². The van der Waals surface area contributed by atoms with Crippen LogP contribution in [0, 0.1) is 0 Å². The fraction of sp³-hybridized carbons (Fsp3) is 0.250. The topological polar surface area (TPSA) is 71.3 Å². The number of rotatable bonds is 7. The molecule has 1 amide bonds. The Hall–Kier alpha value is -2.64. The summed E-state index contributed by atoms with van der Waals surface area (Å²) in [5, 5.41) is 11.2. The number of hydrogen-bond donors (Lipinski definition) is 1. The first kappa shape index (κ1) is 19.1. The average Bonchev–Trinajstić information content (AvgIpc) is 3.18. The van der Waals surface area contributed by atoms with Crippen LogP contribution in [-0.2, 0) is 4.79 Å². The molecule has 0 aliphatic rings. The number of aromatic nitrogens is 2. The van der Waals surface area contributed by atoms with Gasteiger partial charge in [-0.2, -0.15) is 0 Å². The number of carbonyl (C=O) groups excluding carboxylic acids is 1. The van der Waals surface area contributed by atoms with Gasteiger partial charge in [0.1, 0.15) is 0 Å². The fourth-order valence-electron chi connectivity index (χ4n) is 2.59. The quantitative estimate of drug-likeness (QED) is 0.621. The van der Waals surface area contributed by atoms with Crippen molar-refractivity contribution >= 4 is 23.4 Å². The second-order valence-corrected chi connectivity index (χ2v) is 7.00. The lowest BCUT2D eigenvalue weighted by atomic mass is 10.2. The van der Waals surface area contributed by atoms with Crippen molar-refractivity contribution in [1.82, 2.24) is 15.1 Å². The normalized spacial score (nSPS) is 12.1. The Morgan fingerprint density at radius 1 is 1.15 bits per heavy atom. The molecular formula is C20H22N4O2S. The summed E-state index contributed by atoms with van der Waals surface area (Å²) >= 11 is 1.60. The molecule has 0 aliphatic carbocycles. The molecule has 0 radical (unpaired) electrons. The van der Waals surface area contributed by atoms with E-state index in [1.807, 2.05) is 79.7 Å². The van der Waals surface area contributed by atoms with Crippen molar-refractivity contribution in [3.8, 4) is 11.5 Å². The van der Waals surface area contributed by atoms with Crippen LogP contribution in [0.3, 0.4) is 0 Å². The molecule has 1 atom stereocenters. The first-order valence-corrected chi connectivity index (χ1v) is 9.83. The minimum atomic E-state index is -0.184. The molecule has 2 aromatic carbocycles. The smallest absolute Gasteiger partial charge is 0.247 e. The summed E-state index contributed by atoms with van der Waals surface area (Å²) in [5.74, 6) is 0.867. The number of carbonyl (C=O) groups is 1. The van der Waals surface area contributed by atoms with Gasteiger partial charge in [-0.05, 0) is 44.5 Å². The molecule has 0 bridgehead atoms. The summed E-state index contributed by atoms with van der Waals surface area (Å²) in [6, 6.07) is 17.2. The van der Waals surface area contributed by atoms with E-state index in [-0.39, 0.29) is 18.5 Å². The number of thioether (sulfide) groups is 1. The highest BCUT2D eigenvalue weighted by molar-refractivity contribution is 7.98. The summed E-state index contributed by atoms with van der Waals surface area (Å²) in [4.78, 5) is 15.3. The maximum Gasteiger partial charge on any atom is 0.247 e. The van der Waals surface area contributed by atoms with Crippen molar-refractivity contribution in [2.24, 2.45) is 0 Å². The summed E-state index contributed by atoms with van der Waals surface area (Å²) in [6.07, 6.45) is 1.99. The van der Waals surface area contributed by atoms with Crippen LogP contribution in [0.5, 0.6) is 0 Å². The molecule has 0 aliphatic heterocycles.